The largest absolute Gasteiger partial charge is 0.371 e. The molecule has 0 unspecified atom stereocenters. The van der Waals surface area contributed by atoms with Crippen LogP contribution in [-0.4, -0.2) is 32.8 Å². The van der Waals surface area contributed by atoms with E-state index in [-0.39, 0.29) is 5.56 Å². The van der Waals surface area contributed by atoms with E-state index in [0.29, 0.717) is 12.5 Å². The summed E-state index contributed by atoms with van der Waals surface area (Å²) in [5, 5.41) is 5.82. The molecule has 1 fully saturated rings. The van der Waals surface area contributed by atoms with E-state index in [1.807, 2.05) is 18.2 Å². The molecule has 1 aliphatic heterocycles. The summed E-state index contributed by atoms with van der Waals surface area (Å²) in [5.74, 6) is 0.434. The van der Waals surface area contributed by atoms with Crippen molar-refractivity contribution in [3.8, 4) is 11.3 Å². The van der Waals surface area contributed by atoms with Crippen LogP contribution in [0.2, 0.25) is 0 Å². The van der Waals surface area contributed by atoms with Crippen LogP contribution >= 0.6 is 0 Å². The van der Waals surface area contributed by atoms with Crippen molar-refractivity contribution in [1.29, 1.82) is 0 Å². The Morgan fingerprint density at radius 3 is 2.58 bits per heavy atom. The molecule has 4 aromatic rings. The molecular weight excluding hydrogens is 386 g/mol. The zero-order valence-electron chi connectivity index (χ0n) is 17.6. The molecule has 5 rings (SSSR count). The number of hydrogen-bond donors (Lipinski definition) is 0. The van der Waals surface area contributed by atoms with E-state index < -0.39 is 0 Å². The Kier molecular flexibility index (Phi) is 5.20. The Morgan fingerprint density at radius 2 is 1.77 bits per heavy atom. The Labute approximate surface area is 181 Å². The Bertz CT molecular complexity index is 1260. The smallest absolute Gasteiger partial charge is 0.266 e. The van der Waals surface area contributed by atoms with Crippen molar-refractivity contribution in [3.05, 3.63) is 83.0 Å². The number of fused-ring (bicyclic) bond motifs is 1. The van der Waals surface area contributed by atoms with Gasteiger partial charge >= 0.3 is 0 Å². The SMILES string of the molecule is Cc1cc(N2CCC(Cn3nc(-c4ccncc4)ccc3=O)CC2)c2ccccc2n1. The van der Waals surface area contributed by atoms with Gasteiger partial charge in [-0.3, -0.25) is 14.8 Å². The quantitative estimate of drug-likeness (QED) is 0.506. The van der Waals surface area contributed by atoms with E-state index >= 15 is 0 Å². The molecule has 6 nitrogen and oxygen atoms in total. The minimum absolute atomic E-state index is 0.0454. The van der Waals surface area contributed by atoms with Gasteiger partial charge in [-0.2, -0.15) is 5.10 Å². The van der Waals surface area contributed by atoms with Crippen LogP contribution in [0.5, 0.6) is 0 Å². The summed E-state index contributed by atoms with van der Waals surface area (Å²) in [5.41, 5.74) is 5.08. The maximum absolute atomic E-state index is 12.4. The number of nitrogens with zero attached hydrogens (tertiary/aromatic N) is 5. The van der Waals surface area contributed by atoms with Crippen molar-refractivity contribution in [2.75, 3.05) is 18.0 Å². The summed E-state index contributed by atoms with van der Waals surface area (Å²) < 4.78 is 1.63. The van der Waals surface area contributed by atoms with E-state index in [2.05, 4.69) is 51.2 Å². The standard InChI is InChI=1S/C25H25N5O/c1-18-16-24(21-4-2-3-5-23(21)27-18)29-14-10-19(11-15-29)17-30-25(31)7-6-22(28-30)20-8-12-26-13-9-20/h2-9,12-13,16,19H,10-11,14-15,17H2,1H3. The van der Waals surface area contributed by atoms with E-state index in [0.717, 1.165) is 48.4 Å². The molecule has 6 heteroatoms. The van der Waals surface area contributed by atoms with Crippen LogP contribution in [0.15, 0.2) is 71.8 Å². The number of piperidine rings is 1. The molecular formula is C25H25N5O. The summed E-state index contributed by atoms with van der Waals surface area (Å²) in [6.45, 7) is 4.64. The van der Waals surface area contributed by atoms with E-state index in [4.69, 9.17) is 0 Å². The van der Waals surface area contributed by atoms with Gasteiger partial charge < -0.3 is 4.90 Å². The summed E-state index contributed by atoms with van der Waals surface area (Å²) in [6.07, 6.45) is 5.55. The van der Waals surface area contributed by atoms with Crippen LogP contribution in [-0.2, 0) is 6.54 Å². The second-order valence-electron chi connectivity index (χ2n) is 8.21. The van der Waals surface area contributed by atoms with Gasteiger partial charge in [-0.25, -0.2) is 4.68 Å². The molecule has 1 aromatic carbocycles. The Balaban J connectivity index is 1.32. The molecule has 0 spiro atoms. The molecule has 0 amide bonds. The number of pyridine rings is 2. The number of aromatic nitrogens is 4. The monoisotopic (exact) mass is 411 g/mol. The molecule has 0 bridgehead atoms. The number of aryl methyl sites for hydroxylation is 1. The summed E-state index contributed by atoms with van der Waals surface area (Å²) in [6, 6.07) is 17.8. The van der Waals surface area contributed by atoms with Crippen molar-refractivity contribution < 1.29 is 0 Å². The molecule has 1 aliphatic rings. The number of hydrogen-bond acceptors (Lipinski definition) is 5. The van der Waals surface area contributed by atoms with Crippen LogP contribution in [0.25, 0.3) is 22.2 Å². The van der Waals surface area contributed by atoms with Gasteiger partial charge in [-0.1, -0.05) is 18.2 Å². The van der Waals surface area contributed by atoms with Crippen LogP contribution in [0.1, 0.15) is 18.5 Å². The molecule has 1 saturated heterocycles. The predicted molar refractivity (Wildman–Crippen MR) is 123 cm³/mol. The molecule has 0 aliphatic carbocycles. The van der Waals surface area contributed by atoms with Gasteiger partial charge in [-0.15, -0.1) is 0 Å². The first-order valence-electron chi connectivity index (χ1n) is 10.8. The normalized spacial score (nSPS) is 14.8. The van der Waals surface area contributed by atoms with E-state index in [9.17, 15) is 4.79 Å². The predicted octanol–water partition coefficient (Wildman–Crippen LogP) is 4.08. The number of rotatable bonds is 4. The number of para-hydroxylation sites is 1. The lowest BCUT2D eigenvalue weighted by atomic mass is 9.96. The molecule has 3 aromatic heterocycles. The molecule has 0 atom stereocenters. The van der Waals surface area contributed by atoms with Gasteiger partial charge in [-0.05, 0) is 56.0 Å². The van der Waals surface area contributed by atoms with Crippen LogP contribution in [0.4, 0.5) is 5.69 Å². The summed E-state index contributed by atoms with van der Waals surface area (Å²) in [7, 11) is 0. The van der Waals surface area contributed by atoms with E-state index in [1.54, 1.807) is 29.2 Å². The zero-order chi connectivity index (χ0) is 21.2. The van der Waals surface area contributed by atoms with Gasteiger partial charge in [0.2, 0.25) is 0 Å². The maximum Gasteiger partial charge on any atom is 0.266 e. The minimum Gasteiger partial charge on any atom is -0.371 e. The van der Waals surface area contributed by atoms with Crippen molar-refractivity contribution in [2.24, 2.45) is 5.92 Å². The molecule has 156 valence electrons. The third-order valence-electron chi connectivity index (χ3n) is 6.05. The van der Waals surface area contributed by atoms with Crippen molar-refractivity contribution >= 4 is 16.6 Å². The number of anilines is 1. The van der Waals surface area contributed by atoms with Gasteiger partial charge in [0.15, 0.2) is 0 Å². The second-order valence-corrected chi connectivity index (χ2v) is 8.21. The van der Waals surface area contributed by atoms with Gasteiger partial charge in [0, 0.05) is 60.4 Å². The Hall–Kier alpha value is -3.54. The fraction of sp³-hybridized carbons (Fsp3) is 0.280. The molecule has 31 heavy (non-hydrogen) atoms. The minimum atomic E-state index is -0.0454. The first-order chi connectivity index (χ1) is 15.2. The van der Waals surface area contributed by atoms with E-state index in [1.165, 1.54) is 11.1 Å². The lowest BCUT2D eigenvalue weighted by Crippen LogP contribution is -2.37. The lowest BCUT2D eigenvalue weighted by Gasteiger charge is -2.34. The summed E-state index contributed by atoms with van der Waals surface area (Å²) in [4.78, 5) is 23.6. The molecule has 0 radical (unpaired) electrons. The number of benzene rings is 1. The highest BCUT2D eigenvalue weighted by atomic mass is 16.1. The molecule has 0 N–H and O–H groups in total. The van der Waals surface area contributed by atoms with Gasteiger partial charge in [0.1, 0.15) is 0 Å². The lowest BCUT2D eigenvalue weighted by molar-refractivity contribution is 0.336. The van der Waals surface area contributed by atoms with Gasteiger partial charge in [0.05, 0.1) is 11.2 Å². The first-order valence-corrected chi connectivity index (χ1v) is 10.8. The molecule has 4 heterocycles. The second kappa shape index (κ2) is 8.30. The fourth-order valence-corrected chi connectivity index (χ4v) is 4.40. The van der Waals surface area contributed by atoms with Crippen LogP contribution in [0.3, 0.4) is 0 Å². The Morgan fingerprint density at radius 1 is 1.00 bits per heavy atom. The van der Waals surface area contributed by atoms with Crippen molar-refractivity contribution in [3.63, 3.8) is 0 Å². The summed E-state index contributed by atoms with van der Waals surface area (Å²) >= 11 is 0. The van der Waals surface area contributed by atoms with Crippen molar-refractivity contribution in [1.82, 2.24) is 19.7 Å². The van der Waals surface area contributed by atoms with Gasteiger partial charge in [0.25, 0.3) is 5.56 Å². The first kappa shape index (κ1) is 19.4. The van der Waals surface area contributed by atoms with Crippen molar-refractivity contribution in [2.45, 2.75) is 26.3 Å². The highest BCUT2D eigenvalue weighted by Crippen LogP contribution is 2.30. The maximum atomic E-state index is 12.4. The van der Waals surface area contributed by atoms with Crippen LogP contribution < -0.4 is 10.5 Å². The fourth-order valence-electron chi connectivity index (χ4n) is 4.40. The highest BCUT2D eigenvalue weighted by Gasteiger charge is 2.22. The third kappa shape index (κ3) is 4.06. The van der Waals surface area contributed by atoms with Crippen LogP contribution in [0, 0.1) is 12.8 Å². The average molecular weight is 412 g/mol. The third-order valence-corrected chi connectivity index (χ3v) is 6.05. The zero-order valence-corrected chi connectivity index (χ0v) is 17.6. The molecule has 0 saturated carbocycles. The average Bonchev–Trinajstić information content (AvgIpc) is 2.81. The highest BCUT2D eigenvalue weighted by molar-refractivity contribution is 5.92. The topological polar surface area (TPSA) is 63.9 Å².